The Labute approximate surface area is 177 Å². The lowest BCUT2D eigenvalue weighted by molar-refractivity contribution is -0.134. The number of allylic oxidation sites excluding steroid dienone is 1. The molecule has 2 aromatic carbocycles. The zero-order chi connectivity index (χ0) is 21.1. The van der Waals surface area contributed by atoms with Gasteiger partial charge in [-0.3, -0.25) is 9.59 Å². The van der Waals surface area contributed by atoms with Crippen LogP contribution >= 0.6 is 0 Å². The van der Waals surface area contributed by atoms with E-state index in [1.807, 2.05) is 12.1 Å². The summed E-state index contributed by atoms with van der Waals surface area (Å²) in [5, 5.41) is 0. The number of rotatable bonds is 6. The van der Waals surface area contributed by atoms with Crippen LogP contribution in [0.15, 0.2) is 48.2 Å². The summed E-state index contributed by atoms with van der Waals surface area (Å²) in [7, 11) is 0. The largest absolute Gasteiger partial charge is 0.452 e. The summed E-state index contributed by atoms with van der Waals surface area (Å²) in [6, 6.07) is 13.1. The van der Waals surface area contributed by atoms with Crippen molar-refractivity contribution in [2.75, 3.05) is 0 Å². The molecule has 4 nitrogen and oxygen atoms in total. The van der Waals surface area contributed by atoms with Crippen LogP contribution in [0.2, 0.25) is 0 Å². The number of carbonyl (C=O) groups excluding carboxylic acids is 2. The number of ether oxygens (including phenoxy) is 2. The van der Waals surface area contributed by atoms with Gasteiger partial charge in [-0.25, -0.2) is 0 Å². The molecule has 1 aliphatic carbocycles. The predicted octanol–water partition coefficient (Wildman–Crippen LogP) is 6.30. The molecule has 156 valence electrons. The minimum absolute atomic E-state index is 0.156. The van der Waals surface area contributed by atoms with Crippen LogP contribution in [0, 0.1) is 5.92 Å². The predicted molar refractivity (Wildman–Crippen MR) is 117 cm³/mol. The quantitative estimate of drug-likeness (QED) is 0.322. The summed E-state index contributed by atoms with van der Waals surface area (Å²) in [5.41, 5.74) is 2.65. The first-order valence-corrected chi connectivity index (χ1v) is 10.9. The number of hydrogen-bond acceptors (Lipinski definition) is 4. The lowest BCUT2D eigenvalue weighted by Crippen LogP contribution is -2.09. The maximum absolute atomic E-state index is 12.7. The molecule has 1 heterocycles. The third-order valence-electron chi connectivity index (χ3n) is 6.01. The monoisotopic (exact) mass is 404 g/mol. The molecule has 30 heavy (non-hydrogen) atoms. The van der Waals surface area contributed by atoms with Crippen LogP contribution < -0.4 is 9.47 Å². The highest BCUT2D eigenvalue weighted by atomic mass is 16.5. The first-order chi connectivity index (χ1) is 14.5. The average Bonchev–Trinajstić information content (AvgIpc) is 3.35. The lowest BCUT2D eigenvalue weighted by atomic mass is 10.0. The van der Waals surface area contributed by atoms with E-state index in [0.29, 0.717) is 35.3 Å². The summed E-state index contributed by atoms with van der Waals surface area (Å²) < 4.78 is 11.3. The second kappa shape index (κ2) is 8.86. The Morgan fingerprint density at radius 1 is 1.13 bits per heavy atom. The van der Waals surface area contributed by atoms with Gasteiger partial charge in [-0.2, -0.15) is 0 Å². The van der Waals surface area contributed by atoms with Crippen molar-refractivity contribution in [1.29, 1.82) is 0 Å². The van der Waals surface area contributed by atoms with Crippen LogP contribution in [0.1, 0.15) is 79.8 Å². The molecular weight excluding hydrogens is 376 g/mol. The van der Waals surface area contributed by atoms with Gasteiger partial charge in [-0.05, 0) is 47.6 Å². The van der Waals surface area contributed by atoms with Crippen molar-refractivity contribution in [3.05, 3.63) is 64.9 Å². The van der Waals surface area contributed by atoms with Gasteiger partial charge in [0.15, 0.2) is 5.76 Å². The fourth-order valence-electron chi connectivity index (χ4n) is 4.16. The molecular formula is C26H28O4. The average molecular weight is 405 g/mol. The fraction of sp³-hybridized carbons (Fsp3) is 0.385. The Morgan fingerprint density at radius 2 is 1.87 bits per heavy atom. The summed E-state index contributed by atoms with van der Waals surface area (Å²) in [5.74, 6) is 1.86. The van der Waals surface area contributed by atoms with E-state index in [2.05, 4.69) is 26.0 Å². The molecule has 0 unspecified atom stereocenters. The van der Waals surface area contributed by atoms with Gasteiger partial charge in [0, 0.05) is 12.5 Å². The number of benzene rings is 2. The molecule has 1 aliphatic heterocycles. The SMILES string of the molecule is CC(C)c1ccc(/C=C2\Oc3cc(OC(=O)CCC4CCCC4)ccc3C2=O)cc1. The smallest absolute Gasteiger partial charge is 0.311 e. The zero-order valence-corrected chi connectivity index (χ0v) is 17.6. The van der Waals surface area contributed by atoms with Gasteiger partial charge < -0.3 is 9.47 Å². The summed E-state index contributed by atoms with van der Waals surface area (Å²) >= 11 is 0. The second-order valence-corrected chi connectivity index (χ2v) is 8.58. The highest BCUT2D eigenvalue weighted by molar-refractivity contribution is 6.14. The van der Waals surface area contributed by atoms with E-state index >= 15 is 0 Å². The molecule has 0 aromatic heterocycles. The Kier molecular flexibility index (Phi) is 6.03. The van der Waals surface area contributed by atoms with E-state index in [9.17, 15) is 9.59 Å². The topological polar surface area (TPSA) is 52.6 Å². The molecule has 0 saturated heterocycles. The molecule has 0 spiro atoms. The fourth-order valence-corrected chi connectivity index (χ4v) is 4.16. The normalized spacial score (nSPS) is 17.4. The molecule has 0 bridgehead atoms. The van der Waals surface area contributed by atoms with Gasteiger partial charge in [0.25, 0.3) is 0 Å². The van der Waals surface area contributed by atoms with Gasteiger partial charge in [0.05, 0.1) is 5.56 Å². The van der Waals surface area contributed by atoms with E-state index < -0.39 is 0 Å². The minimum atomic E-state index is -0.229. The molecule has 2 aliphatic rings. The van der Waals surface area contributed by atoms with E-state index in [1.165, 1.54) is 31.2 Å². The van der Waals surface area contributed by atoms with Crippen LogP contribution in [0.3, 0.4) is 0 Å². The van der Waals surface area contributed by atoms with Crippen molar-refractivity contribution < 1.29 is 19.1 Å². The Hall–Kier alpha value is -2.88. The maximum Gasteiger partial charge on any atom is 0.311 e. The summed E-state index contributed by atoms with van der Waals surface area (Å²) in [6.07, 6.45) is 8.05. The Balaban J connectivity index is 1.41. The highest BCUT2D eigenvalue weighted by Crippen LogP contribution is 2.35. The molecule has 1 saturated carbocycles. The van der Waals surface area contributed by atoms with Crippen molar-refractivity contribution in [3.63, 3.8) is 0 Å². The van der Waals surface area contributed by atoms with Crippen LogP contribution in [-0.2, 0) is 4.79 Å². The van der Waals surface area contributed by atoms with Gasteiger partial charge in [0.2, 0.25) is 5.78 Å². The van der Waals surface area contributed by atoms with Crippen LogP contribution in [0.5, 0.6) is 11.5 Å². The first-order valence-electron chi connectivity index (χ1n) is 10.9. The third-order valence-corrected chi connectivity index (χ3v) is 6.01. The Morgan fingerprint density at radius 3 is 2.57 bits per heavy atom. The number of Topliss-reactive ketones (excluding diaryl/α,β-unsaturated/α-hetero) is 1. The molecule has 0 N–H and O–H groups in total. The lowest BCUT2D eigenvalue weighted by Gasteiger charge is -2.09. The standard InChI is InChI=1S/C26H28O4/c1-17(2)20-10-7-19(8-11-20)15-24-26(28)22-13-12-21(16-23(22)30-24)29-25(27)14-9-18-5-3-4-6-18/h7-8,10-13,15-18H,3-6,9,14H2,1-2H3/b24-15-. The number of carbonyl (C=O) groups is 2. The molecule has 4 heteroatoms. The van der Waals surface area contributed by atoms with E-state index in [4.69, 9.17) is 9.47 Å². The van der Waals surface area contributed by atoms with Crippen LogP contribution in [0.4, 0.5) is 0 Å². The maximum atomic E-state index is 12.7. The Bertz CT molecular complexity index is 963. The van der Waals surface area contributed by atoms with Crippen molar-refractivity contribution in [1.82, 2.24) is 0 Å². The van der Waals surface area contributed by atoms with Crippen molar-refractivity contribution in [2.24, 2.45) is 5.92 Å². The molecule has 1 fully saturated rings. The number of ketones is 1. The number of esters is 1. The van der Waals surface area contributed by atoms with Crippen molar-refractivity contribution >= 4 is 17.8 Å². The minimum Gasteiger partial charge on any atom is -0.452 e. The molecule has 0 atom stereocenters. The summed E-state index contributed by atoms with van der Waals surface area (Å²) in [4.78, 5) is 24.8. The highest BCUT2D eigenvalue weighted by Gasteiger charge is 2.28. The second-order valence-electron chi connectivity index (χ2n) is 8.58. The molecule has 0 amide bonds. The van der Waals surface area contributed by atoms with E-state index in [1.54, 1.807) is 24.3 Å². The van der Waals surface area contributed by atoms with Gasteiger partial charge in [-0.1, -0.05) is 63.8 Å². The van der Waals surface area contributed by atoms with E-state index in [-0.39, 0.29) is 17.5 Å². The van der Waals surface area contributed by atoms with Crippen LogP contribution in [-0.4, -0.2) is 11.8 Å². The molecule has 2 aromatic rings. The number of fused-ring (bicyclic) bond motifs is 1. The molecule has 0 radical (unpaired) electrons. The molecule has 4 rings (SSSR count). The van der Waals surface area contributed by atoms with Gasteiger partial charge in [0.1, 0.15) is 11.5 Å². The van der Waals surface area contributed by atoms with Crippen molar-refractivity contribution in [2.45, 2.75) is 58.3 Å². The number of hydrogen-bond donors (Lipinski definition) is 0. The van der Waals surface area contributed by atoms with Gasteiger partial charge in [-0.15, -0.1) is 0 Å². The van der Waals surface area contributed by atoms with E-state index in [0.717, 1.165) is 12.0 Å². The van der Waals surface area contributed by atoms with Crippen LogP contribution in [0.25, 0.3) is 6.08 Å². The first kappa shape index (κ1) is 20.4. The van der Waals surface area contributed by atoms with Gasteiger partial charge >= 0.3 is 5.97 Å². The zero-order valence-electron chi connectivity index (χ0n) is 17.6. The third kappa shape index (κ3) is 4.64. The van der Waals surface area contributed by atoms with Crippen molar-refractivity contribution in [3.8, 4) is 11.5 Å². The summed E-state index contributed by atoms with van der Waals surface area (Å²) in [6.45, 7) is 4.29.